The molecule has 0 unspecified atom stereocenters. The molecule has 2 atom stereocenters. The summed E-state index contributed by atoms with van der Waals surface area (Å²) in [5, 5.41) is 4.08. The number of carbonyl (C=O) groups is 1. The minimum absolute atomic E-state index is 0.00824. The molecule has 0 bridgehead atoms. The summed E-state index contributed by atoms with van der Waals surface area (Å²) in [5.74, 6) is 0.925. The average Bonchev–Trinajstić information content (AvgIpc) is 3.37. The molecule has 0 saturated heterocycles. The Morgan fingerprint density at radius 2 is 1.83 bits per heavy atom. The van der Waals surface area contributed by atoms with Gasteiger partial charge in [0.15, 0.2) is 0 Å². The van der Waals surface area contributed by atoms with Crippen molar-refractivity contribution < 1.29 is 4.79 Å². The average molecular weight is 306 g/mol. The van der Waals surface area contributed by atoms with E-state index in [2.05, 4.69) is 48.6 Å². The molecular formula is C20H22N2O. The summed E-state index contributed by atoms with van der Waals surface area (Å²) >= 11 is 0. The highest BCUT2D eigenvalue weighted by molar-refractivity contribution is 5.85. The summed E-state index contributed by atoms with van der Waals surface area (Å²) in [4.78, 5) is 12.1. The molecule has 2 aromatic carbocycles. The Bertz CT molecular complexity index is 689. The Balaban J connectivity index is 1.51. The molecule has 118 valence electrons. The molecule has 1 aliphatic rings. The molecule has 2 aromatic rings. The van der Waals surface area contributed by atoms with Gasteiger partial charge in [-0.15, -0.1) is 0 Å². The van der Waals surface area contributed by atoms with Gasteiger partial charge in [0.2, 0.25) is 5.91 Å². The molecular weight excluding hydrogens is 284 g/mol. The Hall–Kier alpha value is -2.42. The van der Waals surface area contributed by atoms with Crippen LogP contribution in [-0.4, -0.2) is 12.1 Å². The van der Waals surface area contributed by atoms with Gasteiger partial charge in [0.05, 0.1) is 6.21 Å². The van der Waals surface area contributed by atoms with Crippen LogP contribution in [0.2, 0.25) is 0 Å². The SMILES string of the molecule is CC(C)c1ccc(/C=N\NC(=O)[C@H]2C[C@@H]2c2ccccc2)cc1. The van der Waals surface area contributed by atoms with Crippen LogP contribution in [0.25, 0.3) is 0 Å². The summed E-state index contributed by atoms with van der Waals surface area (Å²) in [6.45, 7) is 4.34. The highest BCUT2D eigenvalue weighted by atomic mass is 16.2. The zero-order valence-electron chi connectivity index (χ0n) is 13.6. The van der Waals surface area contributed by atoms with Crippen LogP contribution in [0, 0.1) is 5.92 Å². The minimum atomic E-state index is 0.00824. The maximum atomic E-state index is 12.1. The van der Waals surface area contributed by atoms with Gasteiger partial charge in [-0.05, 0) is 34.9 Å². The van der Waals surface area contributed by atoms with E-state index in [-0.39, 0.29) is 11.8 Å². The van der Waals surface area contributed by atoms with Gasteiger partial charge in [-0.25, -0.2) is 5.43 Å². The summed E-state index contributed by atoms with van der Waals surface area (Å²) in [7, 11) is 0. The van der Waals surface area contributed by atoms with Crippen LogP contribution in [0.1, 0.15) is 48.8 Å². The number of benzene rings is 2. The molecule has 0 aliphatic heterocycles. The van der Waals surface area contributed by atoms with E-state index >= 15 is 0 Å². The second kappa shape index (κ2) is 6.78. The van der Waals surface area contributed by atoms with E-state index in [9.17, 15) is 4.79 Å². The number of rotatable bonds is 5. The zero-order valence-corrected chi connectivity index (χ0v) is 13.6. The van der Waals surface area contributed by atoms with E-state index in [0.717, 1.165) is 12.0 Å². The predicted molar refractivity (Wildman–Crippen MR) is 93.6 cm³/mol. The van der Waals surface area contributed by atoms with E-state index in [0.29, 0.717) is 11.8 Å². The van der Waals surface area contributed by atoms with Gasteiger partial charge < -0.3 is 0 Å². The number of amides is 1. The van der Waals surface area contributed by atoms with Crippen molar-refractivity contribution in [2.24, 2.45) is 11.0 Å². The van der Waals surface area contributed by atoms with Crippen LogP contribution in [-0.2, 0) is 4.79 Å². The lowest BCUT2D eigenvalue weighted by molar-refractivity contribution is -0.122. The van der Waals surface area contributed by atoms with Gasteiger partial charge in [0, 0.05) is 5.92 Å². The number of hydrogen-bond acceptors (Lipinski definition) is 2. The molecule has 0 radical (unpaired) electrons. The summed E-state index contributed by atoms with van der Waals surface area (Å²) in [6, 6.07) is 18.4. The first-order valence-electron chi connectivity index (χ1n) is 8.13. The molecule has 3 heteroatoms. The van der Waals surface area contributed by atoms with Crippen molar-refractivity contribution in [3.8, 4) is 0 Å². The zero-order chi connectivity index (χ0) is 16.2. The molecule has 0 heterocycles. The van der Waals surface area contributed by atoms with Crippen LogP contribution >= 0.6 is 0 Å². The molecule has 1 saturated carbocycles. The van der Waals surface area contributed by atoms with Crippen LogP contribution in [0.3, 0.4) is 0 Å². The Morgan fingerprint density at radius 1 is 1.13 bits per heavy atom. The normalized spacial score (nSPS) is 20.0. The quantitative estimate of drug-likeness (QED) is 0.657. The molecule has 23 heavy (non-hydrogen) atoms. The third-order valence-corrected chi connectivity index (χ3v) is 4.35. The lowest BCUT2D eigenvalue weighted by Crippen LogP contribution is -2.20. The molecule has 1 aliphatic carbocycles. The summed E-state index contributed by atoms with van der Waals surface area (Å²) in [5.41, 5.74) is 6.19. The van der Waals surface area contributed by atoms with Crippen LogP contribution in [0.4, 0.5) is 0 Å². The van der Waals surface area contributed by atoms with E-state index in [1.807, 2.05) is 30.3 Å². The minimum Gasteiger partial charge on any atom is -0.273 e. The standard InChI is InChI=1S/C20H22N2O/c1-14(2)16-10-8-15(9-11-16)13-21-22-20(23)19-12-18(19)17-6-4-3-5-7-17/h3-11,13-14,18-19H,12H2,1-2H3,(H,22,23)/b21-13-/t18-,19+/m1/s1. The van der Waals surface area contributed by atoms with Crippen LogP contribution in [0.15, 0.2) is 59.7 Å². The van der Waals surface area contributed by atoms with Crippen molar-refractivity contribution in [2.45, 2.75) is 32.1 Å². The van der Waals surface area contributed by atoms with Crippen LogP contribution in [0.5, 0.6) is 0 Å². The number of carbonyl (C=O) groups excluding carboxylic acids is 1. The van der Waals surface area contributed by atoms with Crippen molar-refractivity contribution in [3.63, 3.8) is 0 Å². The largest absolute Gasteiger partial charge is 0.273 e. The van der Waals surface area contributed by atoms with Crippen LogP contribution < -0.4 is 5.43 Å². The van der Waals surface area contributed by atoms with E-state index in [1.165, 1.54) is 11.1 Å². The third-order valence-electron chi connectivity index (χ3n) is 4.35. The Labute approximate surface area is 137 Å². The highest BCUT2D eigenvalue weighted by Crippen LogP contribution is 2.47. The first-order valence-corrected chi connectivity index (χ1v) is 8.13. The van der Waals surface area contributed by atoms with Gasteiger partial charge in [-0.3, -0.25) is 4.79 Å². The second-order valence-electron chi connectivity index (χ2n) is 6.41. The van der Waals surface area contributed by atoms with E-state index in [1.54, 1.807) is 6.21 Å². The topological polar surface area (TPSA) is 41.5 Å². The smallest absolute Gasteiger partial charge is 0.243 e. The lowest BCUT2D eigenvalue weighted by Gasteiger charge is -2.04. The third kappa shape index (κ3) is 3.86. The van der Waals surface area contributed by atoms with Gasteiger partial charge >= 0.3 is 0 Å². The second-order valence-corrected chi connectivity index (χ2v) is 6.41. The fourth-order valence-electron chi connectivity index (χ4n) is 2.77. The monoisotopic (exact) mass is 306 g/mol. The maximum Gasteiger partial charge on any atom is 0.243 e. The number of nitrogens with zero attached hydrogens (tertiary/aromatic N) is 1. The lowest BCUT2D eigenvalue weighted by atomic mass is 10.0. The fraction of sp³-hybridized carbons (Fsp3) is 0.300. The molecule has 0 aromatic heterocycles. The Morgan fingerprint density at radius 3 is 2.48 bits per heavy atom. The van der Waals surface area contributed by atoms with Gasteiger partial charge in [-0.2, -0.15) is 5.10 Å². The molecule has 1 amide bonds. The first kappa shape index (κ1) is 15.5. The van der Waals surface area contributed by atoms with E-state index in [4.69, 9.17) is 0 Å². The molecule has 3 rings (SSSR count). The predicted octanol–water partition coefficient (Wildman–Crippen LogP) is 4.06. The van der Waals surface area contributed by atoms with Crippen molar-refractivity contribution in [3.05, 3.63) is 71.3 Å². The number of hydrogen-bond donors (Lipinski definition) is 1. The molecule has 1 N–H and O–H groups in total. The van der Waals surface area contributed by atoms with Crippen molar-refractivity contribution in [1.29, 1.82) is 0 Å². The highest BCUT2D eigenvalue weighted by Gasteiger charge is 2.43. The summed E-state index contributed by atoms with van der Waals surface area (Å²) < 4.78 is 0. The first-order chi connectivity index (χ1) is 11.1. The van der Waals surface area contributed by atoms with Crippen molar-refractivity contribution in [1.82, 2.24) is 5.43 Å². The van der Waals surface area contributed by atoms with Crippen molar-refractivity contribution in [2.75, 3.05) is 0 Å². The molecule has 0 spiro atoms. The van der Waals surface area contributed by atoms with Gasteiger partial charge in [-0.1, -0.05) is 68.4 Å². The Kier molecular flexibility index (Phi) is 4.56. The number of nitrogens with one attached hydrogen (secondary N) is 1. The molecule has 3 nitrogen and oxygen atoms in total. The van der Waals surface area contributed by atoms with E-state index < -0.39 is 0 Å². The molecule has 1 fully saturated rings. The van der Waals surface area contributed by atoms with Gasteiger partial charge in [0.25, 0.3) is 0 Å². The summed E-state index contributed by atoms with van der Waals surface area (Å²) in [6.07, 6.45) is 2.61. The van der Waals surface area contributed by atoms with Gasteiger partial charge in [0.1, 0.15) is 0 Å². The number of hydrazone groups is 1. The maximum absolute atomic E-state index is 12.1. The fourth-order valence-corrected chi connectivity index (χ4v) is 2.77. The van der Waals surface area contributed by atoms with Crippen molar-refractivity contribution >= 4 is 12.1 Å².